The van der Waals surface area contributed by atoms with Crippen molar-refractivity contribution in [3.8, 4) is 11.5 Å². The van der Waals surface area contributed by atoms with Crippen LogP contribution >= 0.6 is 0 Å². The minimum atomic E-state index is 0.546. The zero-order chi connectivity index (χ0) is 17.7. The van der Waals surface area contributed by atoms with E-state index in [9.17, 15) is 0 Å². The SMILES string of the molecule is CCOCCOc1ccc(CNc2cccc(OCCOC)c2)cc1. The minimum Gasteiger partial charge on any atom is -0.491 e. The second-order valence-electron chi connectivity index (χ2n) is 5.41. The molecule has 0 atom stereocenters. The molecule has 2 rings (SSSR count). The molecule has 2 aromatic carbocycles. The van der Waals surface area contributed by atoms with Gasteiger partial charge >= 0.3 is 0 Å². The first kappa shape index (κ1) is 19.1. The van der Waals surface area contributed by atoms with Gasteiger partial charge in [0.15, 0.2) is 0 Å². The second kappa shape index (κ2) is 11.3. The first-order valence-corrected chi connectivity index (χ1v) is 8.57. The van der Waals surface area contributed by atoms with Gasteiger partial charge in [0.25, 0.3) is 0 Å². The van der Waals surface area contributed by atoms with Gasteiger partial charge in [-0.2, -0.15) is 0 Å². The minimum absolute atomic E-state index is 0.546. The van der Waals surface area contributed by atoms with Crippen molar-refractivity contribution < 1.29 is 18.9 Å². The van der Waals surface area contributed by atoms with Gasteiger partial charge in [0, 0.05) is 32.0 Å². The molecule has 0 amide bonds. The molecule has 0 radical (unpaired) electrons. The molecule has 0 aliphatic heterocycles. The summed E-state index contributed by atoms with van der Waals surface area (Å²) in [7, 11) is 1.66. The molecule has 0 bridgehead atoms. The van der Waals surface area contributed by atoms with Gasteiger partial charge in [0.2, 0.25) is 0 Å². The Balaban J connectivity index is 1.77. The largest absolute Gasteiger partial charge is 0.491 e. The van der Waals surface area contributed by atoms with E-state index in [0.717, 1.165) is 23.7 Å². The number of ether oxygens (including phenoxy) is 4. The van der Waals surface area contributed by atoms with Crippen molar-refractivity contribution in [2.75, 3.05) is 45.5 Å². The summed E-state index contributed by atoms with van der Waals surface area (Å²) in [6, 6.07) is 16.0. The fraction of sp³-hybridized carbons (Fsp3) is 0.400. The molecule has 0 spiro atoms. The van der Waals surface area contributed by atoms with Gasteiger partial charge in [0.1, 0.15) is 24.7 Å². The molecule has 0 fully saturated rings. The number of hydrogen-bond acceptors (Lipinski definition) is 5. The van der Waals surface area contributed by atoms with Crippen LogP contribution in [0.4, 0.5) is 5.69 Å². The van der Waals surface area contributed by atoms with Crippen molar-refractivity contribution in [1.29, 1.82) is 0 Å². The monoisotopic (exact) mass is 345 g/mol. The first-order chi connectivity index (χ1) is 12.3. The summed E-state index contributed by atoms with van der Waals surface area (Å²) in [6.45, 7) is 5.74. The maximum atomic E-state index is 5.62. The average molecular weight is 345 g/mol. The van der Waals surface area contributed by atoms with Crippen LogP contribution in [0.5, 0.6) is 11.5 Å². The lowest BCUT2D eigenvalue weighted by Gasteiger charge is -2.11. The standard InChI is InChI=1S/C20H27NO4/c1-3-23-12-14-24-19-9-7-17(8-10-19)16-21-18-5-4-6-20(15-18)25-13-11-22-2/h4-10,15,21H,3,11-14,16H2,1-2H3. The number of methoxy groups -OCH3 is 1. The van der Waals surface area contributed by atoms with Crippen LogP contribution in [0.2, 0.25) is 0 Å². The lowest BCUT2D eigenvalue weighted by molar-refractivity contribution is 0.110. The summed E-state index contributed by atoms with van der Waals surface area (Å²) < 4.78 is 21.5. The van der Waals surface area contributed by atoms with Crippen LogP contribution in [0, 0.1) is 0 Å². The normalized spacial score (nSPS) is 10.5. The Hall–Kier alpha value is -2.24. The van der Waals surface area contributed by atoms with Gasteiger partial charge in [-0.05, 0) is 36.8 Å². The third kappa shape index (κ3) is 7.45. The summed E-state index contributed by atoms with van der Waals surface area (Å²) in [6.07, 6.45) is 0. The maximum absolute atomic E-state index is 5.62. The van der Waals surface area contributed by atoms with Crippen molar-refractivity contribution >= 4 is 5.69 Å². The molecule has 5 heteroatoms. The van der Waals surface area contributed by atoms with Gasteiger partial charge in [0.05, 0.1) is 13.2 Å². The Bertz CT molecular complexity index is 601. The number of anilines is 1. The molecule has 1 N–H and O–H groups in total. The molecule has 2 aromatic rings. The third-order valence-electron chi connectivity index (χ3n) is 3.51. The number of nitrogens with one attached hydrogen (secondary N) is 1. The van der Waals surface area contributed by atoms with Crippen molar-refractivity contribution in [3.63, 3.8) is 0 Å². The van der Waals surface area contributed by atoms with E-state index in [1.807, 2.05) is 43.3 Å². The number of hydrogen-bond donors (Lipinski definition) is 1. The zero-order valence-electron chi connectivity index (χ0n) is 15.0. The molecule has 0 aliphatic rings. The first-order valence-electron chi connectivity index (χ1n) is 8.57. The molecule has 136 valence electrons. The molecule has 0 saturated heterocycles. The van der Waals surface area contributed by atoms with Crippen LogP contribution in [0.3, 0.4) is 0 Å². The molecular formula is C20H27NO4. The molecule has 0 unspecified atom stereocenters. The van der Waals surface area contributed by atoms with E-state index in [0.29, 0.717) is 33.0 Å². The van der Waals surface area contributed by atoms with Crippen LogP contribution in [-0.2, 0) is 16.0 Å². The summed E-state index contributed by atoms with van der Waals surface area (Å²) >= 11 is 0. The van der Waals surface area contributed by atoms with Gasteiger partial charge < -0.3 is 24.3 Å². The molecule has 0 heterocycles. The molecule has 0 saturated carbocycles. The summed E-state index contributed by atoms with van der Waals surface area (Å²) in [4.78, 5) is 0. The van der Waals surface area contributed by atoms with Crippen molar-refractivity contribution in [3.05, 3.63) is 54.1 Å². The Kier molecular flexibility index (Phi) is 8.66. The van der Waals surface area contributed by atoms with E-state index in [-0.39, 0.29) is 0 Å². The molecule has 5 nitrogen and oxygen atoms in total. The lowest BCUT2D eigenvalue weighted by atomic mass is 10.2. The van der Waals surface area contributed by atoms with Crippen molar-refractivity contribution in [1.82, 2.24) is 0 Å². The maximum Gasteiger partial charge on any atom is 0.121 e. The average Bonchev–Trinajstić information content (AvgIpc) is 2.65. The van der Waals surface area contributed by atoms with Crippen LogP contribution in [0.25, 0.3) is 0 Å². The number of benzene rings is 2. The summed E-state index contributed by atoms with van der Waals surface area (Å²) in [5.74, 6) is 1.69. The predicted octanol–water partition coefficient (Wildman–Crippen LogP) is 3.74. The fourth-order valence-electron chi connectivity index (χ4n) is 2.21. The van der Waals surface area contributed by atoms with Crippen LogP contribution in [-0.4, -0.2) is 40.1 Å². The van der Waals surface area contributed by atoms with Gasteiger partial charge in [-0.25, -0.2) is 0 Å². The zero-order valence-corrected chi connectivity index (χ0v) is 15.0. The smallest absolute Gasteiger partial charge is 0.121 e. The third-order valence-corrected chi connectivity index (χ3v) is 3.51. The molecule has 25 heavy (non-hydrogen) atoms. The Labute approximate surface area is 149 Å². The molecule has 0 aromatic heterocycles. The quantitative estimate of drug-likeness (QED) is 0.594. The van der Waals surface area contributed by atoms with E-state index < -0.39 is 0 Å². The summed E-state index contributed by atoms with van der Waals surface area (Å²) in [5, 5.41) is 3.40. The highest BCUT2D eigenvalue weighted by atomic mass is 16.5. The lowest BCUT2D eigenvalue weighted by Crippen LogP contribution is -2.06. The van der Waals surface area contributed by atoms with E-state index in [1.54, 1.807) is 7.11 Å². The molecule has 0 aliphatic carbocycles. The Morgan fingerprint density at radius 3 is 2.36 bits per heavy atom. The molecular weight excluding hydrogens is 318 g/mol. The second-order valence-corrected chi connectivity index (χ2v) is 5.41. The van der Waals surface area contributed by atoms with Gasteiger partial charge in [-0.15, -0.1) is 0 Å². The predicted molar refractivity (Wildman–Crippen MR) is 99.6 cm³/mol. The van der Waals surface area contributed by atoms with Crippen LogP contribution in [0.1, 0.15) is 12.5 Å². The van der Waals surface area contributed by atoms with Crippen LogP contribution in [0.15, 0.2) is 48.5 Å². The fourth-order valence-corrected chi connectivity index (χ4v) is 2.21. The van der Waals surface area contributed by atoms with Crippen molar-refractivity contribution in [2.45, 2.75) is 13.5 Å². The topological polar surface area (TPSA) is 49.0 Å². The van der Waals surface area contributed by atoms with E-state index in [4.69, 9.17) is 18.9 Å². The Morgan fingerprint density at radius 1 is 0.840 bits per heavy atom. The van der Waals surface area contributed by atoms with E-state index >= 15 is 0 Å². The van der Waals surface area contributed by atoms with Crippen LogP contribution < -0.4 is 14.8 Å². The van der Waals surface area contributed by atoms with E-state index in [2.05, 4.69) is 17.4 Å². The van der Waals surface area contributed by atoms with Gasteiger partial charge in [-0.1, -0.05) is 18.2 Å². The highest BCUT2D eigenvalue weighted by Crippen LogP contribution is 2.19. The van der Waals surface area contributed by atoms with E-state index in [1.165, 1.54) is 5.56 Å². The number of rotatable bonds is 12. The highest BCUT2D eigenvalue weighted by molar-refractivity contribution is 5.48. The Morgan fingerprint density at radius 2 is 1.60 bits per heavy atom. The van der Waals surface area contributed by atoms with Gasteiger partial charge in [-0.3, -0.25) is 0 Å². The van der Waals surface area contributed by atoms with Crippen molar-refractivity contribution in [2.24, 2.45) is 0 Å². The highest BCUT2D eigenvalue weighted by Gasteiger charge is 1.99. The summed E-state index contributed by atoms with van der Waals surface area (Å²) in [5.41, 5.74) is 2.20.